The molecule has 0 aliphatic heterocycles. The molecule has 9 heteroatoms. The fraction of sp³-hybridized carbons (Fsp3) is 0.160. The molecule has 0 bridgehead atoms. The van der Waals surface area contributed by atoms with Crippen molar-refractivity contribution in [3.05, 3.63) is 112 Å². The molecule has 0 aliphatic rings. The van der Waals surface area contributed by atoms with Gasteiger partial charge in [0, 0.05) is 6.54 Å². The predicted octanol–water partition coefficient (Wildman–Crippen LogP) is 4.54. The van der Waals surface area contributed by atoms with E-state index in [-0.39, 0.29) is 35.7 Å². The van der Waals surface area contributed by atoms with Crippen LogP contribution in [0.5, 0.6) is 0 Å². The molecule has 2 aromatic heterocycles. The summed E-state index contributed by atoms with van der Waals surface area (Å²) in [6.07, 6.45) is 1.59. The third-order valence-corrected chi connectivity index (χ3v) is 5.56. The molecular weight excluding hydrogens is 455 g/mol. The Hall–Kier alpha value is -4.09. The Morgan fingerprint density at radius 2 is 1.94 bits per heavy atom. The van der Waals surface area contributed by atoms with E-state index >= 15 is 0 Å². The molecule has 4 rings (SSSR count). The summed E-state index contributed by atoms with van der Waals surface area (Å²) in [5.41, 5.74) is 3.27. The van der Waals surface area contributed by atoms with Gasteiger partial charge in [0.2, 0.25) is 0 Å². The van der Waals surface area contributed by atoms with Crippen LogP contribution in [0.25, 0.3) is 0 Å². The van der Waals surface area contributed by atoms with Crippen molar-refractivity contribution < 1.29 is 9.18 Å². The number of aromatic nitrogens is 4. The van der Waals surface area contributed by atoms with E-state index in [1.54, 1.807) is 54.5 Å². The van der Waals surface area contributed by atoms with Gasteiger partial charge in [-0.25, -0.2) is 9.37 Å². The molecule has 0 fully saturated rings. The van der Waals surface area contributed by atoms with Crippen molar-refractivity contribution in [3.8, 4) is 6.07 Å². The third-order valence-electron chi connectivity index (χ3n) is 5.35. The Balaban J connectivity index is 1.62. The average Bonchev–Trinajstić information content (AvgIpc) is 3.26. The number of aryl methyl sites for hydroxylation is 1. The van der Waals surface area contributed by atoms with Gasteiger partial charge < -0.3 is 9.47 Å². The third kappa shape index (κ3) is 5.45. The summed E-state index contributed by atoms with van der Waals surface area (Å²) in [7, 11) is 0. The maximum atomic E-state index is 13.6. The summed E-state index contributed by atoms with van der Waals surface area (Å²) in [4.78, 5) is 19.1. The number of hydrogen-bond donors (Lipinski definition) is 0. The number of carbonyl (C=O) groups excluding carboxylic acids is 1. The minimum Gasteiger partial charge on any atom is -0.325 e. The van der Waals surface area contributed by atoms with Gasteiger partial charge in [-0.2, -0.15) is 5.26 Å². The van der Waals surface area contributed by atoms with Gasteiger partial charge in [0.15, 0.2) is 5.82 Å². The predicted molar refractivity (Wildman–Crippen MR) is 124 cm³/mol. The molecule has 170 valence electrons. The standard InChI is InChI=1S/C25H20ClFN6O/c1-17-11-21(27)10-9-20(17)14-32(25(34)22-3-2-4-23(26)30-22)15-24-31-29-16-33(24)13-19-7-5-18(12-28)6-8-19/h2-11,16H,13-15H2,1H3. The van der Waals surface area contributed by atoms with Crippen molar-refractivity contribution in [2.45, 2.75) is 26.6 Å². The molecule has 0 spiro atoms. The lowest BCUT2D eigenvalue weighted by molar-refractivity contribution is 0.0717. The van der Waals surface area contributed by atoms with Crippen LogP contribution in [0.1, 0.15) is 38.6 Å². The van der Waals surface area contributed by atoms with E-state index in [4.69, 9.17) is 16.9 Å². The molecule has 0 aliphatic carbocycles. The Bertz CT molecular complexity index is 1360. The molecule has 0 radical (unpaired) electrons. The fourth-order valence-electron chi connectivity index (χ4n) is 3.52. The van der Waals surface area contributed by atoms with E-state index in [0.29, 0.717) is 17.9 Å². The van der Waals surface area contributed by atoms with Crippen LogP contribution >= 0.6 is 11.6 Å². The normalized spacial score (nSPS) is 10.6. The minimum absolute atomic E-state index is 0.153. The van der Waals surface area contributed by atoms with Gasteiger partial charge in [0.25, 0.3) is 5.91 Å². The minimum atomic E-state index is -0.335. The molecule has 34 heavy (non-hydrogen) atoms. The summed E-state index contributed by atoms with van der Waals surface area (Å²) in [5.74, 6) is -0.101. The first-order valence-electron chi connectivity index (χ1n) is 10.5. The Labute approximate surface area is 201 Å². The van der Waals surface area contributed by atoms with Crippen LogP contribution in [0.2, 0.25) is 5.15 Å². The second kappa shape index (κ2) is 10.2. The van der Waals surface area contributed by atoms with E-state index < -0.39 is 0 Å². The highest BCUT2D eigenvalue weighted by Crippen LogP contribution is 2.18. The van der Waals surface area contributed by atoms with Gasteiger partial charge in [0.1, 0.15) is 23.0 Å². The molecule has 1 amide bonds. The first-order valence-corrected chi connectivity index (χ1v) is 10.8. The summed E-state index contributed by atoms with van der Waals surface area (Å²) >= 11 is 6.01. The monoisotopic (exact) mass is 474 g/mol. The van der Waals surface area contributed by atoms with Gasteiger partial charge in [-0.3, -0.25) is 4.79 Å². The number of pyridine rings is 1. The van der Waals surface area contributed by atoms with Crippen LogP contribution in [0.15, 0.2) is 67.0 Å². The topological polar surface area (TPSA) is 87.7 Å². The van der Waals surface area contributed by atoms with Crippen LogP contribution in [-0.4, -0.2) is 30.6 Å². The molecule has 2 aromatic carbocycles. The number of amides is 1. The zero-order valence-electron chi connectivity index (χ0n) is 18.3. The van der Waals surface area contributed by atoms with Crippen LogP contribution in [0.3, 0.4) is 0 Å². The number of benzene rings is 2. The van der Waals surface area contributed by atoms with E-state index in [2.05, 4.69) is 21.3 Å². The van der Waals surface area contributed by atoms with Crippen molar-refractivity contribution in [3.63, 3.8) is 0 Å². The van der Waals surface area contributed by atoms with Crippen LogP contribution in [0, 0.1) is 24.1 Å². The summed E-state index contributed by atoms with van der Waals surface area (Å²) in [6, 6.07) is 18.7. The van der Waals surface area contributed by atoms with E-state index in [1.165, 1.54) is 12.1 Å². The molecule has 0 atom stereocenters. The average molecular weight is 475 g/mol. The molecule has 0 unspecified atom stereocenters. The number of nitriles is 1. The summed E-state index contributed by atoms with van der Waals surface area (Å²) in [5, 5.41) is 17.5. The number of hydrogen-bond acceptors (Lipinski definition) is 5. The van der Waals surface area contributed by atoms with Crippen molar-refractivity contribution in [1.29, 1.82) is 5.26 Å². The van der Waals surface area contributed by atoms with E-state index in [0.717, 1.165) is 16.7 Å². The van der Waals surface area contributed by atoms with Crippen molar-refractivity contribution in [1.82, 2.24) is 24.6 Å². The fourth-order valence-corrected chi connectivity index (χ4v) is 3.68. The van der Waals surface area contributed by atoms with Gasteiger partial charge in [-0.05, 0) is 60.0 Å². The highest BCUT2D eigenvalue weighted by molar-refractivity contribution is 6.29. The van der Waals surface area contributed by atoms with Crippen LogP contribution in [0.4, 0.5) is 4.39 Å². The van der Waals surface area contributed by atoms with Crippen molar-refractivity contribution >= 4 is 17.5 Å². The summed E-state index contributed by atoms with van der Waals surface area (Å²) < 4.78 is 15.5. The molecule has 0 saturated carbocycles. The zero-order chi connectivity index (χ0) is 24.1. The van der Waals surface area contributed by atoms with E-state index in [9.17, 15) is 9.18 Å². The SMILES string of the molecule is Cc1cc(F)ccc1CN(Cc1nncn1Cc1ccc(C#N)cc1)C(=O)c1cccc(Cl)n1. The van der Waals surface area contributed by atoms with Crippen LogP contribution in [-0.2, 0) is 19.6 Å². The quantitative estimate of drug-likeness (QED) is 0.367. The lowest BCUT2D eigenvalue weighted by Crippen LogP contribution is -2.32. The molecule has 4 aromatic rings. The second-order valence-corrected chi connectivity index (χ2v) is 8.15. The second-order valence-electron chi connectivity index (χ2n) is 7.76. The van der Waals surface area contributed by atoms with Gasteiger partial charge in [0.05, 0.1) is 24.7 Å². The molecule has 0 N–H and O–H groups in total. The Kier molecular flexibility index (Phi) is 6.95. The van der Waals surface area contributed by atoms with Crippen molar-refractivity contribution in [2.75, 3.05) is 0 Å². The highest BCUT2D eigenvalue weighted by Gasteiger charge is 2.21. The summed E-state index contributed by atoms with van der Waals surface area (Å²) in [6.45, 7) is 2.65. The van der Waals surface area contributed by atoms with Gasteiger partial charge in [-0.1, -0.05) is 35.9 Å². The first-order chi connectivity index (χ1) is 16.4. The lowest BCUT2D eigenvalue weighted by atomic mass is 10.1. The maximum absolute atomic E-state index is 13.6. The molecule has 2 heterocycles. The largest absolute Gasteiger partial charge is 0.325 e. The zero-order valence-corrected chi connectivity index (χ0v) is 19.1. The number of rotatable bonds is 7. The van der Waals surface area contributed by atoms with Crippen LogP contribution < -0.4 is 0 Å². The number of halogens is 2. The van der Waals surface area contributed by atoms with Gasteiger partial charge >= 0.3 is 0 Å². The highest BCUT2D eigenvalue weighted by atomic mass is 35.5. The number of carbonyl (C=O) groups is 1. The number of nitrogens with zero attached hydrogens (tertiary/aromatic N) is 6. The van der Waals surface area contributed by atoms with E-state index in [1.807, 2.05) is 16.7 Å². The van der Waals surface area contributed by atoms with Gasteiger partial charge in [-0.15, -0.1) is 10.2 Å². The molecule has 0 saturated heterocycles. The smallest absolute Gasteiger partial charge is 0.273 e. The lowest BCUT2D eigenvalue weighted by Gasteiger charge is -2.23. The molecular formula is C25H20ClFN6O. The maximum Gasteiger partial charge on any atom is 0.273 e. The Morgan fingerprint density at radius 3 is 2.65 bits per heavy atom. The first kappa shape index (κ1) is 23.1. The van der Waals surface area contributed by atoms with Crippen molar-refractivity contribution in [2.24, 2.45) is 0 Å². The Morgan fingerprint density at radius 1 is 1.15 bits per heavy atom. The molecule has 7 nitrogen and oxygen atoms in total.